The largest absolute Gasteiger partial charge is 0.313 e. The van der Waals surface area contributed by atoms with E-state index in [4.69, 9.17) is 0 Å². The monoisotopic (exact) mass is 179 g/mol. The SMILES string of the molecule is C=C/C(CNCC)=C(\C=C/C)CC. The third-order valence-corrected chi connectivity index (χ3v) is 1.97. The molecule has 74 valence electrons. The zero-order valence-electron chi connectivity index (χ0n) is 9.06. The molecule has 0 spiro atoms. The summed E-state index contributed by atoms with van der Waals surface area (Å²) in [5.41, 5.74) is 2.68. The van der Waals surface area contributed by atoms with Crippen molar-refractivity contribution < 1.29 is 0 Å². The third kappa shape index (κ3) is 4.69. The van der Waals surface area contributed by atoms with Gasteiger partial charge >= 0.3 is 0 Å². The van der Waals surface area contributed by atoms with Crippen LogP contribution in [0.25, 0.3) is 0 Å². The molecular formula is C12H21N. The van der Waals surface area contributed by atoms with Crippen molar-refractivity contribution in [3.05, 3.63) is 36.0 Å². The van der Waals surface area contributed by atoms with Gasteiger partial charge in [-0.25, -0.2) is 0 Å². The molecule has 0 rings (SSSR count). The van der Waals surface area contributed by atoms with E-state index in [2.05, 4.69) is 37.9 Å². The summed E-state index contributed by atoms with van der Waals surface area (Å²) in [6.07, 6.45) is 7.25. The topological polar surface area (TPSA) is 12.0 Å². The molecule has 0 aromatic heterocycles. The number of hydrogen-bond acceptors (Lipinski definition) is 1. The van der Waals surface area contributed by atoms with Gasteiger partial charge in [0, 0.05) is 6.54 Å². The van der Waals surface area contributed by atoms with Gasteiger partial charge in [-0.05, 0) is 31.0 Å². The molecule has 0 saturated carbocycles. The summed E-state index contributed by atoms with van der Waals surface area (Å²) in [4.78, 5) is 0. The maximum Gasteiger partial charge on any atom is 0.0207 e. The quantitative estimate of drug-likeness (QED) is 0.618. The molecule has 0 aromatic carbocycles. The van der Waals surface area contributed by atoms with E-state index in [1.54, 1.807) is 0 Å². The smallest absolute Gasteiger partial charge is 0.0207 e. The molecule has 0 saturated heterocycles. The van der Waals surface area contributed by atoms with Crippen molar-refractivity contribution in [2.24, 2.45) is 0 Å². The number of likely N-dealkylation sites (N-methyl/N-ethyl adjacent to an activating group) is 1. The molecule has 0 heterocycles. The van der Waals surface area contributed by atoms with E-state index in [0.29, 0.717) is 0 Å². The van der Waals surface area contributed by atoms with Crippen LogP contribution >= 0.6 is 0 Å². The van der Waals surface area contributed by atoms with Crippen LogP contribution in [0.5, 0.6) is 0 Å². The van der Waals surface area contributed by atoms with E-state index in [1.165, 1.54) is 11.1 Å². The molecule has 0 radical (unpaired) electrons. The molecule has 0 aliphatic rings. The molecule has 1 heteroatoms. The van der Waals surface area contributed by atoms with Crippen molar-refractivity contribution in [1.82, 2.24) is 5.32 Å². The summed E-state index contributed by atoms with van der Waals surface area (Å²) >= 11 is 0. The van der Waals surface area contributed by atoms with Gasteiger partial charge in [-0.2, -0.15) is 0 Å². The number of rotatable bonds is 6. The lowest BCUT2D eigenvalue weighted by Crippen LogP contribution is -2.16. The lowest BCUT2D eigenvalue weighted by atomic mass is 10.1. The second-order valence-corrected chi connectivity index (χ2v) is 2.89. The predicted octanol–water partition coefficient (Wildman–Crippen LogP) is 3.06. The van der Waals surface area contributed by atoms with E-state index >= 15 is 0 Å². The normalized spacial score (nSPS) is 13.2. The number of hydrogen-bond donors (Lipinski definition) is 1. The minimum atomic E-state index is 0.924. The Hall–Kier alpha value is -0.820. The fraction of sp³-hybridized carbons (Fsp3) is 0.500. The van der Waals surface area contributed by atoms with Crippen LogP contribution < -0.4 is 5.32 Å². The highest BCUT2D eigenvalue weighted by atomic mass is 14.8. The van der Waals surface area contributed by atoms with Crippen LogP contribution in [-0.2, 0) is 0 Å². The Balaban J connectivity index is 4.50. The Kier molecular flexibility index (Phi) is 7.32. The van der Waals surface area contributed by atoms with E-state index in [1.807, 2.05) is 13.0 Å². The number of allylic oxidation sites excluding steroid dienone is 3. The molecule has 1 N–H and O–H groups in total. The summed E-state index contributed by atoms with van der Waals surface area (Å²) in [7, 11) is 0. The highest BCUT2D eigenvalue weighted by Gasteiger charge is 1.97. The van der Waals surface area contributed by atoms with E-state index < -0.39 is 0 Å². The van der Waals surface area contributed by atoms with Crippen molar-refractivity contribution in [1.29, 1.82) is 0 Å². The molecule has 0 aliphatic heterocycles. The Morgan fingerprint density at radius 1 is 1.31 bits per heavy atom. The van der Waals surface area contributed by atoms with Gasteiger partial charge in [-0.3, -0.25) is 0 Å². The van der Waals surface area contributed by atoms with Gasteiger partial charge in [0.05, 0.1) is 0 Å². The standard InChI is InChI=1S/C12H21N/c1-5-9-11(6-2)12(7-3)10-13-8-4/h5,7,9,13H,3,6,8,10H2,1-2,4H3/b9-5-,12-11+. The molecule has 13 heavy (non-hydrogen) atoms. The molecular weight excluding hydrogens is 158 g/mol. The first kappa shape index (κ1) is 12.2. The third-order valence-electron chi connectivity index (χ3n) is 1.97. The maximum absolute atomic E-state index is 3.83. The Morgan fingerprint density at radius 2 is 2.00 bits per heavy atom. The van der Waals surface area contributed by atoms with E-state index in [-0.39, 0.29) is 0 Å². The summed E-state index contributed by atoms with van der Waals surface area (Å²) < 4.78 is 0. The van der Waals surface area contributed by atoms with Gasteiger partial charge in [0.25, 0.3) is 0 Å². The maximum atomic E-state index is 3.83. The van der Waals surface area contributed by atoms with Crippen LogP contribution in [0.1, 0.15) is 27.2 Å². The molecule has 0 unspecified atom stereocenters. The van der Waals surface area contributed by atoms with Crippen molar-refractivity contribution in [2.75, 3.05) is 13.1 Å². The Bertz CT molecular complexity index is 199. The first-order valence-corrected chi connectivity index (χ1v) is 4.97. The predicted molar refractivity (Wildman–Crippen MR) is 60.9 cm³/mol. The fourth-order valence-electron chi connectivity index (χ4n) is 1.23. The first-order chi connectivity index (χ1) is 6.29. The lowest BCUT2D eigenvalue weighted by Gasteiger charge is -2.07. The Morgan fingerprint density at radius 3 is 2.38 bits per heavy atom. The highest BCUT2D eigenvalue weighted by Crippen LogP contribution is 2.10. The van der Waals surface area contributed by atoms with Crippen LogP contribution in [-0.4, -0.2) is 13.1 Å². The van der Waals surface area contributed by atoms with Crippen LogP contribution in [0.3, 0.4) is 0 Å². The average Bonchev–Trinajstić information content (AvgIpc) is 2.17. The lowest BCUT2D eigenvalue weighted by molar-refractivity contribution is 0.779. The summed E-state index contributed by atoms with van der Waals surface area (Å²) in [5.74, 6) is 0. The fourth-order valence-corrected chi connectivity index (χ4v) is 1.23. The van der Waals surface area contributed by atoms with Gasteiger partial charge in [-0.15, -0.1) is 0 Å². The van der Waals surface area contributed by atoms with Crippen LogP contribution in [0.2, 0.25) is 0 Å². The van der Waals surface area contributed by atoms with E-state index in [9.17, 15) is 0 Å². The highest BCUT2D eigenvalue weighted by molar-refractivity contribution is 5.32. The van der Waals surface area contributed by atoms with Crippen molar-refractivity contribution in [3.8, 4) is 0 Å². The van der Waals surface area contributed by atoms with Gasteiger partial charge in [-0.1, -0.05) is 38.7 Å². The van der Waals surface area contributed by atoms with Crippen LogP contribution in [0.15, 0.2) is 36.0 Å². The number of nitrogens with one attached hydrogen (secondary N) is 1. The average molecular weight is 179 g/mol. The van der Waals surface area contributed by atoms with Gasteiger partial charge in [0.15, 0.2) is 0 Å². The van der Waals surface area contributed by atoms with Gasteiger partial charge in [0.1, 0.15) is 0 Å². The summed E-state index contributed by atoms with van der Waals surface area (Å²) in [6.45, 7) is 12.1. The van der Waals surface area contributed by atoms with Crippen LogP contribution in [0.4, 0.5) is 0 Å². The first-order valence-electron chi connectivity index (χ1n) is 4.97. The molecule has 0 atom stereocenters. The van der Waals surface area contributed by atoms with Crippen LogP contribution in [0, 0.1) is 0 Å². The molecule has 0 aromatic rings. The molecule has 0 bridgehead atoms. The minimum Gasteiger partial charge on any atom is -0.313 e. The second-order valence-electron chi connectivity index (χ2n) is 2.89. The molecule has 0 aliphatic carbocycles. The molecule has 1 nitrogen and oxygen atoms in total. The zero-order valence-corrected chi connectivity index (χ0v) is 9.06. The van der Waals surface area contributed by atoms with Crippen molar-refractivity contribution in [2.45, 2.75) is 27.2 Å². The minimum absolute atomic E-state index is 0.924. The van der Waals surface area contributed by atoms with Crippen molar-refractivity contribution >= 4 is 0 Å². The zero-order chi connectivity index (χ0) is 10.1. The Labute approximate surface area is 82.2 Å². The van der Waals surface area contributed by atoms with Crippen molar-refractivity contribution in [3.63, 3.8) is 0 Å². The summed E-state index contributed by atoms with van der Waals surface area (Å²) in [5, 5.41) is 3.31. The van der Waals surface area contributed by atoms with Gasteiger partial charge < -0.3 is 5.32 Å². The molecule has 0 amide bonds. The van der Waals surface area contributed by atoms with E-state index in [0.717, 1.165) is 19.5 Å². The van der Waals surface area contributed by atoms with Gasteiger partial charge in [0.2, 0.25) is 0 Å². The molecule has 0 fully saturated rings. The summed E-state index contributed by atoms with van der Waals surface area (Å²) in [6, 6.07) is 0. The second kappa shape index (κ2) is 7.81.